The van der Waals surface area contributed by atoms with Crippen LogP contribution in [0.4, 0.5) is 0 Å². The Balaban J connectivity index is 1.60. The number of hydrogen-bond donors (Lipinski definition) is 1. The molecular weight excluding hydrogens is 414 g/mol. The fourth-order valence-corrected chi connectivity index (χ4v) is 4.71. The maximum atomic E-state index is 12.6. The Labute approximate surface area is 176 Å². The third-order valence-corrected chi connectivity index (χ3v) is 7.15. The topological polar surface area (TPSA) is 82.9 Å². The first-order valence-electron chi connectivity index (χ1n) is 9.64. The van der Waals surface area contributed by atoms with Crippen LogP contribution in [0.1, 0.15) is 31.1 Å². The van der Waals surface area contributed by atoms with Gasteiger partial charge in [0, 0.05) is 18.6 Å². The number of piperidine rings is 1. The van der Waals surface area contributed by atoms with Crippen LogP contribution in [-0.4, -0.2) is 56.8 Å². The predicted molar refractivity (Wildman–Crippen MR) is 111 cm³/mol. The molecule has 1 aromatic heterocycles. The quantitative estimate of drug-likeness (QED) is 0.683. The number of rotatable bonds is 8. The zero-order chi connectivity index (χ0) is 20.9. The van der Waals surface area contributed by atoms with Crippen LogP contribution < -0.4 is 5.32 Å². The molecule has 0 unspecified atom stereocenters. The Kier molecular flexibility index (Phi) is 7.34. The molecule has 1 aliphatic rings. The van der Waals surface area contributed by atoms with Gasteiger partial charge in [-0.1, -0.05) is 18.0 Å². The van der Waals surface area contributed by atoms with Gasteiger partial charge in [-0.2, -0.15) is 4.31 Å². The first kappa shape index (κ1) is 21.8. The molecule has 1 aliphatic heterocycles. The van der Waals surface area contributed by atoms with Gasteiger partial charge in [-0.25, -0.2) is 8.42 Å². The lowest BCUT2D eigenvalue weighted by atomic mass is 10.1. The van der Waals surface area contributed by atoms with E-state index in [0.29, 0.717) is 11.6 Å². The molecule has 0 radical (unpaired) electrons. The monoisotopic (exact) mass is 439 g/mol. The maximum absolute atomic E-state index is 12.6. The molecule has 1 N–H and O–H groups in total. The summed E-state index contributed by atoms with van der Waals surface area (Å²) in [5, 5.41) is 3.31. The Morgan fingerprint density at radius 1 is 1.21 bits per heavy atom. The molecule has 29 heavy (non-hydrogen) atoms. The van der Waals surface area contributed by atoms with Crippen molar-refractivity contribution in [2.45, 2.75) is 30.2 Å². The number of furan rings is 1. The number of halogens is 1. The van der Waals surface area contributed by atoms with Gasteiger partial charge in [0.15, 0.2) is 0 Å². The molecule has 1 saturated heterocycles. The van der Waals surface area contributed by atoms with Crippen molar-refractivity contribution in [2.75, 3.05) is 33.2 Å². The highest BCUT2D eigenvalue weighted by Gasteiger charge is 2.26. The van der Waals surface area contributed by atoms with Gasteiger partial charge in [-0.15, -0.1) is 0 Å². The molecule has 2 aromatic rings. The molecule has 0 spiro atoms. The molecule has 158 valence electrons. The first-order chi connectivity index (χ1) is 13.9. The summed E-state index contributed by atoms with van der Waals surface area (Å²) in [6.07, 6.45) is 5.07. The molecule has 1 fully saturated rings. The fourth-order valence-electron chi connectivity index (χ4n) is 3.46. The van der Waals surface area contributed by atoms with Crippen LogP contribution >= 0.6 is 11.6 Å². The van der Waals surface area contributed by atoms with Crippen molar-refractivity contribution in [3.8, 4) is 0 Å². The minimum Gasteiger partial charge on any atom is -0.468 e. The third kappa shape index (κ3) is 5.60. The summed E-state index contributed by atoms with van der Waals surface area (Å²) in [5.41, 5.74) is 0. The van der Waals surface area contributed by atoms with Crippen molar-refractivity contribution in [3.63, 3.8) is 0 Å². The van der Waals surface area contributed by atoms with Gasteiger partial charge in [0.25, 0.3) is 0 Å². The molecule has 7 nitrogen and oxygen atoms in total. The zero-order valence-electron chi connectivity index (χ0n) is 16.4. The van der Waals surface area contributed by atoms with Crippen molar-refractivity contribution >= 4 is 27.5 Å². The van der Waals surface area contributed by atoms with Gasteiger partial charge in [0.2, 0.25) is 15.9 Å². The smallest absolute Gasteiger partial charge is 0.243 e. The number of nitrogens with one attached hydrogen (secondary N) is 1. The number of carbonyl (C=O) groups is 1. The fraction of sp³-hybridized carbons (Fsp3) is 0.450. The lowest BCUT2D eigenvalue weighted by Gasteiger charge is -2.33. The number of likely N-dealkylation sites (N-methyl/N-ethyl adjacent to an activating group) is 1. The number of likely N-dealkylation sites (tertiary alicyclic amines) is 1. The zero-order valence-corrected chi connectivity index (χ0v) is 18.0. The second-order valence-electron chi connectivity index (χ2n) is 7.15. The molecule has 3 rings (SSSR count). The van der Waals surface area contributed by atoms with Crippen LogP contribution in [0.15, 0.2) is 52.0 Å². The average Bonchev–Trinajstić information content (AvgIpc) is 3.24. The van der Waals surface area contributed by atoms with Crippen molar-refractivity contribution in [2.24, 2.45) is 0 Å². The molecule has 0 bridgehead atoms. The van der Waals surface area contributed by atoms with E-state index >= 15 is 0 Å². The van der Waals surface area contributed by atoms with Gasteiger partial charge in [-0.05, 0) is 62.3 Å². The summed E-state index contributed by atoms with van der Waals surface area (Å²) in [6.45, 7) is 2.00. The summed E-state index contributed by atoms with van der Waals surface area (Å²) >= 11 is 5.82. The minimum atomic E-state index is -3.77. The molecule has 1 atom stereocenters. The van der Waals surface area contributed by atoms with Crippen molar-refractivity contribution in [1.29, 1.82) is 0 Å². The van der Waals surface area contributed by atoms with E-state index in [1.807, 2.05) is 12.1 Å². The number of sulfonamides is 1. The van der Waals surface area contributed by atoms with Gasteiger partial charge < -0.3 is 9.73 Å². The van der Waals surface area contributed by atoms with Crippen LogP contribution in [0, 0.1) is 0 Å². The normalized spacial score (nSPS) is 16.7. The van der Waals surface area contributed by atoms with Crippen molar-refractivity contribution < 1.29 is 17.6 Å². The molecule has 1 amide bonds. The van der Waals surface area contributed by atoms with Crippen LogP contribution in [0.25, 0.3) is 0 Å². The SMILES string of the molecule is CN(CC(=O)NC[C@H](c1ccco1)N1CCCCC1)S(=O)(=O)c1ccc(Cl)cc1. The number of carbonyl (C=O) groups excluding carboxylic acids is 1. The number of nitrogens with zero attached hydrogens (tertiary/aromatic N) is 2. The molecule has 2 heterocycles. The summed E-state index contributed by atoms with van der Waals surface area (Å²) in [6, 6.07) is 9.55. The summed E-state index contributed by atoms with van der Waals surface area (Å²) in [4.78, 5) is 14.9. The highest BCUT2D eigenvalue weighted by molar-refractivity contribution is 7.89. The van der Waals surface area contributed by atoms with E-state index in [4.69, 9.17) is 16.0 Å². The van der Waals surface area contributed by atoms with Crippen molar-refractivity contribution in [1.82, 2.24) is 14.5 Å². The standard InChI is InChI=1S/C20H26ClN3O4S/c1-23(29(26,27)17-9-7-16(21)8-10-17)15-20(25)22-14-18(19-6-5-13-28-19)24-11-3-2-4-12-24/h5-10,13,18H,2-4,11-12,14-15H2,1H3,(H,22,25)/t18-/m1/s1. The summed E-state index contributed by atoms with van der Waals surface area (Å²) in [5.74, 6) is 0.438. The van der Waals surface area contributed by atoms with Gasteiger partial charge in [-0.3, -0.25) is 9.69 Å². The van der Waals surface area contributed by atoms with E-state index in [9.17, 15) is 13.2 Å². The van der Waals surface area contributed by atoms with Crippen LogP contribution in [0.2, 0.25) is 5.02 Å². The Bertz CT molecular complexity index is 894. The van der Waals surface area contributed by atoms with E-state index in [1.165, 1.54) is 37.7 Å². The lowest BCUT2D eigenvalue weighted by molar-refractivity contribution is -0.121. The lowest BCUT2D eigenvalue weighted by Crippen LogP contribution is -2.43. The second kappa shape index (κ2) is 9.75. The van der Waals surface area contributed by atoms with E-state index in [1.54, 1.807) is 6.26 Å². The Hall–Kier alpha value is -1.87. The van der Waals surface area contributed by atoms with E-state index in [-0.39, 0.29) is 23.4 Å². The van der Waals surface area contributed by atoms with Gasteiger partial charge in [0.05, 0.1) is 23.7 Å². The van der Waals surface area contributed by atoms with E-state index in [2.05, 4.69) is 10.2 Å². The van der Waals surface area contributed by atoms with Crippen LogP contribution in [0.5, 0.6) is 0 Å². The molecule has 1 aromatic carbocycles. The van der Waals surface area contributed by atoms with E-state index < -0.39 is 10.0 Å². The Morgan fingerprint density at radius 2 is 1.90 bits per heavy atom. The molecule has 9 heteroatoms. The number of hydrogen-bond acceptors (Lipinski definition) is 5. The molecular formula is C20H26ClN3O4S. The minimum absolute atomic E-state index is 0.0626. The Morgan fingerprint density at radius 3 is 2.52 bits per heavy atom. The van der Waals surface area contributed by atoms with Gasteiger partial charge >= 0.3 is 0 Å². The maximum Gasteiger partial charge on any atom is 0.243 e. The molecule has 0 saturated carbocycles. The highest BCUT2D eigenvalue weighted by atomic mass is 35.5. The summed E-state index contributed by atoms with van der Waals surface area (Å²) in [7, 11) is -2.38. The van der Waals surface area contributed by atoms with Crippen LogP contribution in [0.3, 0.4) is 0 Å². The predicted octanol–water partition coefficient (Wildman–Crippen LogP) is 2.90. The van der Waals surface area contributed by atoms with Crippen LogP contribution in [-0.2, 0) is 14.8 Å². The summed E-state index contributed by atoms with van der Waals surface area (Å²) < 4.78 is 31.9. The largest absolute Gasteiger partial charge is 0.468 e. The first-order valence-corrected chi connectivity index (χ1v) is 11.5. The number of amides is 1. The molecule has 0 aliphatic carbocycles. The van der Waals surface area contributed by atoms with Gasteiger partial charge in [0.1, 0.15) is 5.76 Å². The highest BCUT2D eigenvalue weighted by Crippen LogP contribution is 2.24. The van der Waals surface area contributed by atoms with Crippen molar-refractivity contribution in [3.05, 3.63) is 53.4 Å². The number of benzene rings is 1. The third-order valence-electron chi connectivity index (χ3n) is 5.08. The second-order valence-corrected chi connectivity index (χ2v) is 9.63. The van der Waals surface area contributed by atoms with E-state index in [0.717, 1.165) is 36.0 Å². The average molecular weight is 440 g/mol.